The molecule has 0 bridgehead atoms. The van der Waals surface area contributed by atoms with E-state index in [-0.39, 0.29) is 24.7 Å². The van der Waals surface area contributed by atoms with Crippen LogP contribution in [0.4, 0.5) is 0 Å². The number of aryl methyl sites for hydroxylation is 1. The van der Waals surface area contributed by atoms with Gasteiger partial charge >= 0.3 is 5.97 Å². The molecule has 6 rings (SSSR count). The number of furan rings is 1. The highest BCUT2D eigenvalue weighted by Gasteiger charge is 2.19. The lowest BCUT2D eigenvalue weighted by atomic mass is 10.2. The van der Waals surface area contributed by atoms with E-state index in [0.29, 0.717) is 47.8 Å². The topological polar surface area (TPSA) is 122 Å². The first kappa shape index (κ1) is 28.4. The molecule has 0 aliphatic carbocycles. The number of oxazole rings is 1. The van der Waals surface area contributed by atoms with Gasteiger partial charge in [0.1, 0.15) is 36.8 Å². The number of nitrogens with zero attached hydrogens (tertiary/aromatic N) is 3. The predicted octanol–water partition coefficient (Wildman–Crippen LogP) is 6.92. The summed E-state index contributed by atoms with van der Waals surface area (Å²) < 4.78 is 30.9. The normalized spacial score (nSPS) is 10.9. The minimum absolute atomic E-state index is 0.0154. The third-order valence-electron chi connectivity index (χ3n) is 6.76. The second kappa shape index (κ2) is 13.0. The average molecular weight is 592 g/mol. The summed E-state index contributed by atoms with van der Waals surface area (Å²) in [6.07, 6.45) is 3.03. The number of ether oxygens (including phenoxy) is 3. The molecule has 10 heteroatoms. The van der Waals surface area contributed by atoms with Crippen LogP contribution in [0, 0.1) is 6.92 Å². The first-order chi connectivity index (χ1) is 21.5. The van der Waals surface area contributed by atoms with Crippen molar-refractivity contribution in [3.63, 3.8) is 0 Å². The van der Waals surface area contributed by atoms with Crippen LogP contribution >= 0.6 is 0 Å². The molecule has 222 valence electrons. The first-order valence-corrected chi connectivity index (χ1v) is 13.9. The molecule has 0 aliphatic heterocycles. The molecule has 0 amide bonds. The van der Waals surface area contributed by atoms with Crippen molar-refractivity contribution in [2.45, 2.75) is 33.3 Å². The lowest BCUT2D eigenvalue weighted by Crippen LogP contribution is -2.05. The van der Waals surface area contributed by atoms with E-state index >= 15 is 0 Å². The Hall–Kier alpha value is -5.77. The lowest BCUT2D eigenvalue weighted by Gasteiger charge is -2.14. The van der Waals surface area contributed by atoms with Crippen molar-refractivity contribution in [1.82, 2.24) is 14.8 Å². The van der Waals surface area contributed by atoms with Gasteiger partial charge in [-0.1, -0.05) is 66.7 Å². The predicted molar refractivity (Wildman–Crippen MR) is 160 cm³/mol. The van der Waals surface area contributed by atoms with Gasteiger partial charge in [-0.2, -0.15) is 0 Å². The van der Waals surface area contributed by atoms with Crippen LogP contribution < -0.4 is 14.2 Å². The molecular weight excluding hydrogens is 562 g/mol. The van der Waals surface area contributed by atoms with E-state index in [4.69, 9.17) is 23.0 Å². The summed E-state index contributed by atoms with van der Waals surface area (Å²) in [5.41, 5.74) is 3.34. The summed E-state index contributed by atoms with van der Waals surface area (Å²) in [7, 11) is 0. The van der Waals surface area contributed by atoms with E-state index < -0.39 is 5.97 Å². The van der Waals surface area contributed by atoms with E-state index in [2.05, 4.69) is 10.1 Å². The largest absolute Gasteiger partial charge is 0.485 e. The van der Waals surface area contributed by atoms with Crippen LogP contribution in [0.2, 0.25) is 0 Å². The quantitative estimate of drug-likeness (QED) is 0.152. The number of carbonyl (C=O) groups is 1. The third kappa shape index (κ3) is 6.81. The summed E-state index contributed by atoms with van der Waals surface area (Å²) in [6, 6.07) is 28.4. The monoisotopic (exact) mass is 591 g/mol. The van der Waals surface area contributed by atoms with Gasteiger partial charge in [-0.05, 0) is 47.9 Å². The van der Waals surface area contributed by atoms with E-state index in [1.807, 2.05) is 79.7 Å². The standard InChI is InChI=1S/C34H29N3O7/c1-23-28(35-33(44-23)30-13-8-16-40-30)22-42-29-15-14-26(17-31(29)41-20-25-11-6-3-7-12-25)21-43-32-27(34(38)39)19-37(36-32)18-24-9-4-2-5-10-24/h2-17,19H,18,20-22H2,1H3,(H,38,39). The Morgan fingerprint density at radius 3 is 2.27 bits per heavy atom. The molecule has 0 aliphatic rings. The molecule has 0 atom stereocenters. The fraction of sp³-hybridized carbons (Fsp3) is 0.147. The molecule has 0 spiro atoms. The molecule has 6 aromatic rings. The maximum absolute atomic E-state index is 11.9. The number of hydrogen-bond donors (Lipinski definition) is 1. The highest BCUT2D eigenvalue weighted by molar-refractivity contribution is 5.89. The number of hydrogen-bond acceptors (Lipinski definition) is 8. The molecular formula is C34H29N3O7. The van der Waals surface area contributed by atoms with Crippen molar-refractivity contribution < 1.29 is 32.9 Å². The van der Waals surface area contributed by atoms with Gasteiger partial charge in [0, 0.05) is 6.20 Å². The van der Waals surface area contributed by atoms with Crippen LogP contribution in [0.25, 0.3) is 11.7 Å². The number of aromatic carboxylic acids is 1. The maximum atomic E-state index is 11.9. The van der Waals surface area contributed by atoms with Crippen LogP contribution in [0.5, 0.6) is 17.4 Å². The van der Waals surface area contributed by atoms with E-state index in [1.165, 1.54) is 6.20 Å². The van der Waals surface area contributed by atoms with E-state index in [1.54, 1.807) is 29.1 Å². The maximum Gasteiger partial charge on any atom is 0.342 e. The van der Waals surface area contributed by atoms with Gasteiger partial charge in [0.2, 0.25) is 5.88 Å². The minimum Gasteiger partial charge on any atom is -0.485 e. The summed E-state index contributed by atoms with van der Waals surface area (Å²) >= 11 is 0. The number of carboxylic acids is 1. The minimum atomic E-state index is -1.12. The molecule has 3 aromatic carbocycles. The highest BCUT2D eigenvalue weighted by Crippen LogP contribution is 2.32. The zero-order chi connectivity index (χ0) is 30.3. The van der Waals surface area contributed by atoms with Crippen LogP contribution in [-0.2, 0) is 26.4 Å². The number of aromatic nitrogens is 3. The summed E-state index contributed by atoms with van der Waals surface area (Å²) in [4.78, 5) is 16.4. The average Bonchev–Trinajstić information content (AvgIpc) is 3.80. The van der Waals surface area contributed by atoms with Crippen LogP contribution in [0.1, 0.15) is 38.5 Å². The number of benzene rings is 3. The first-order valence-electron chi connectivity index (χ1n) is 13.9. The van der Waals surface area contributed by atoms with Crippen molar-refractivity contribution in [1.29, 1.82) is 0 Å². The van der Waals surface area contributed by atoms with Gasteiger partial charge in [-0.25, -0.2) is 9.78 Å². The molecule has 3 aromatic heterocycles. The SMILES string of the molecule is Cc1oc(-c2ccco2)nc1COc1ccc(COc2nn(Cc3ccccc3)cc2C(=O)O)cc1OCc1ccccc1. The zero-order valence-electron chi connectivity index (χ0n) is 23.9. The zero-order valence-corrected chi connectivity index (χ0v) is 23.9. The molecule has 0 radical (unpaired) electrons. The lowest BCUT2D eigenvalue weighted by molar-refractivity contribution is 0.0691. The number of carboxylic acid groups (broad SMARTS) is 1. The second-order valence-corrected chi connectivity index (χ2v) is 9.97. The second-order valence-electron chi connectivity index (χ2n) is 9.97. The highest BCUT2D eigenvalue weighted by atomic mass is 16.5. The molecule has 3 heterocycles. The molecule has 0 fully saturated rings. The molecule has 0 saturated heterocycles. The van der Waals surface area contributed by atoms with Gasteiger partial charge in [0.05, 0.1) is 12.8 Å². The summed E-state index contributed by atoms with van der Waals surface area (Å²) in [6.45, 7) is 2.77. The molecule has 1 N–H and O–H groups in total. The Morgan fingerprint density at radius 2 is 1.55 bits per heavy atom. The van der Waals surface area contributed by atoms with Gasteiger partial charge in [0.25, 0.3) is 5.89 Å². The Bertz CT molecular complexity index is 1830. The molecule has 10 nitrogen and oxygen atoms in total. The Labute approximate surface area is 253 Å². The van der Waals surface area contributed by atoms with Crippen LogP contribution in [-0.4, -0.2) is 25.8 Å². The smallest absolute Gasteiger partial charge is 0.342 e. The molecule has 0 saturated carbocycles. The van der Waals surface area contributed by atoms with Gasteiger partial charge < -0.3 is 28.2 Å². The van der Waals surface area contributed by atoms with Crippen LogP contribution in [0.3, 0.4) is 0 Å². The van der Waals surface area contributed by atoms with Crippen molar-refractivity contribution in [3.8, 4) is 29.0 Å². The number of rotatable bonds is 13. The fourth-order valence-electron chi connectivity index (χ4n) is 4.48. The van der Waals surface area contributed by atoms with Crippen molar-refractivity contribution >= 4 is 5.97 Å². The summed E-state index contributed by atoms with van der Waals surface area (Å²) in [5.74, 6) is 1.45. The fourth-order valence-corrected chi connectivity index (χ4v) is 4.48. The summed E-state index contributed by atoms with van der Waals surface area (Å²) in [5, 5.41) is 14.1. The Kier molecular flexibility index (Phi) is 8.40. The van der Waals surface area contributed by atoms with Gasteiger partial charge in [-0.15, -0.1) is 5.10 Å². The Balaban J connectivity index is 1.19. The van der Waals surface area contributed by atoms with E-state index in [0.717, 1.165) is 16.7 Å². The molecule has 44 heavy (non-hydrogen) atoms. The third-order valence-corrected chi connectivity index (χ3v) is 6.76. The Morgan fingerprint density at radius 1 is 0.818 bits per heavy atom. The van der Waals surface area contributed by atoms with E-state index in [9.17, 15) is 9.90 Å². The van der Waals surface area contributed by atoms with Crippen molar-refractivity contribution in [3.05, 3.63) is 137 Å². The van der Waals surface area contributed by atoms with Crippen molar-refractivity contribution in [2.75, 3.05) is 0 Å². The van der Waals surface area contributed by atoms with Gasteiger partial charge in [-0.3, -0.25) is 4.68 Å². The van der Waals surface area contributed by atoms with Crippen LogP contribution in [0.15, 0.2) is 112 Å². The van der Waals surface area contributed by atoms with Crippen molar-refractivity contribution in [2.24, 2.45) is 0 Å². The van der Waals surface area contributed by atoms with Gasteiger partial charge in [0.15, 0.2) is 17.3 Å². The molecule has 0 unspecified atom stereocenters.